The van der Waals surface area contributed by atoms with E-state index in [1.54, 1.807) is 30.0 Å². The van der Waals surface area contributed by atoms with E-state index >= 15 is 0 Å². The summed E-state index contributed by atoms with van der Waals surface area (Å²) in [6, 6.07) is 5.15. The first-order valence-corrected chi connectivity index (χ1v) is 7.33. The Hall–Kier alpha value is -0.680. The number of halogens is 3. The van der Waals surface area contributed by atoms with Gasteiger partial charge in [0.2, 0.25) is 0 Å². The number of hydrogen-bond donors (Lipinski definition) is 1. The second-order valence-corrected chi connectivity index (χ2v) is 5.83. The van der Waals surface area contributed by atoms with Crippen molar-refractivity contribution >= 4 is 41.5 Å². The van der Waals surface area contributed by atoms with Crippen LogP contribution in [0.2, 0.25) is 10.0 Å². The van der Waals surface area contributed by atoms with Gasteiger partial charge in [-0.1, -0.05) is 23.2 Å². The molecule has 1 fully saturated rings. The number of ether oxygens (including phenoxy) is 1. The fraction of sp³-hybridized carbons (Fsp3) is 0.500. The molecule has 1 N–H and O–H groups in total. The molecule has 118 valence electrons. The van der Waals surface area contributed by atoms with Gasteiger partial charge in [-0.25, -0.2) is 0 Å². The maximum atomic E-state index is 12.3. The van der Waals surface area contributed by atoms with Crippen molar-refractivity contribution in [2.45, 2.75) is 25.5 Å². The lowest BCUT2D eigenvalue weighted by Gasteiger charge is -2.27. The van der Waals surface area contributed by atoms with Gasteiger partial charge in [-0.3, -0.25) is 4.79 Å². The topological polar surface area (TPSA) is 41.6 Å². The zero-order chi connectivity index (χ0) is 14.7. The minimum Gasteiger partial charge on any atom is -0.481 e. The predicted molar refractivity (Wildman–Crippen MR) is 87.8 cm³/mol. The van der Waals surface area contributed by atoms with Crippen molar-refractivity contribution in [3.8, 4) is 5.75 Å². The number of rotatable bonds is 4. The number of nitrogens with zero attached hydrogens (tertiary/aromatic N) is 1. The highest BCUT2D eigenvalue weighted by atomic mass is 35.5. The van der Waals surface area contributed by atoms with Crippen LogP contribution in [0.5, 0.6) is 5.75 Å². The van der Waals surface area contributed by atoms with Crippen LogP contribution in [0.15, 0.2) is 18.2 Å². The molecule has 1 aliphatic heterocycles. The standard InChI is InChI=1S/C14H18Cl2N2O2.ClH/c1-9(14(19)18(2)12-3-4-17-8-12)20-13-6-10(15)5-11(16)7-13;/h5-7,9,12,17H,3-4,8H2,1-2H3;1H. The van der Waals surface area contributed by atoms with Crippen molar-refractivity contribution in [3.05, 3.63) is 28.2 Å². The molecule has 7 heteroatoms. The van der Waals surface area contributed by atoms with E-state index in [1.807, 2.05) is 7.05 Å². The lowest BCUT2D eigenvalue weighted by molar-refractivity contribution is -0.138. The summed E-state index contributed by atoms with van der Waals surface area (Å²) in [6.07, 6.45) is 0.396. The number of carbonyl (C=O) groups excluding carboxylic acids is 1. The maximum Gasteiger partial charge on any atom is 0.263 e. The van der Waals surface area contributed by atoms with Gasteiger partial charge < -0.3 is 15.0 Å². The fourth-order valence-electron chi connectivity index (χ4n) is 2.29. The van der Waals surface area contributed by atoms with Gasteiger partial charge in [0.15, 0.2) is 6.10 Å². The molecular formula is C14H19Cl3N2O2. The summed E-state index contributed by atoms with van der Waals surface area (Å²) in [5.41, 5.74) is 0. The Balaban J connectivity index is 0.00000220. The van der Waals surface area contributed by atoms with Gasteiger partial charge in [-0.05, 0) is 38.1 Å². The van der Waals surface area contributed by atoms with Crippen LogP contribution in [0.1, 0.15) is 13.3 Å². The number of benzene rings is 1. The average Bonchev–Trinajstić information content (AvgIpc) is 2.89. The van der Waals surface area contributed by atoms with Gasteiger partial charge in [0.25, 0.3) is 5.91 Å². The van der Waals surface area contributed by atoms with Crippen LogP contribution in [-0.2, 0) is 4.79 Å². The van der Waals surface area contributed by atoms with Crippen molar-refractivity contribution < 1.29 is 9.53 Å². The summed E-state index contributed by atoms with van der Waals surface area (Å²) >= 11 is 11.8. The zero-order valence-electron chi connectivity index (χ0n) is 11.9. The molecule has 2 unspecified atom stereocenters. The second-order valence-electron chi connectivity index (χ2n) is 4.96. The summed E-state index contributed by atoms with van der Waals surface area (Å²) in [5, 5.41) is 4.22. The van der Waals surface area contributed by atoms with E-state index in [0.717, 1.165) is 19.5 Å². The van der Waals surface area contributed by atoms with Gasteiger partial charge in [0, 0.05) is 29.7 Å². The molecule has 4 nitrogen and oxygen atoms in total. The third kappa shape index (κ3) is 4.92. The highest BCUT2D eigenvalue weighted by Crippen LogP contribution is 2.25. The second kappa shape index (κ2) is 8.08. The Bertz CT molecular complexity index is 473. The van der Waals surface area contributed by atoms with Crippen molar-refractivity contribution in [3.63, 3.8) is 0 Å². The number of nitrogens with one attached hydrogen (secondary N) is 1. The smallest absolute Gasteiger partial charge is 0.263 e. The van der Waals surface area contributed by atoms with E-state index in [1.165, 1.54) is 0 Å². The van der Waals surface area contributed by atoms with Crippen LogP contribution in [0.3, 0.4) is 0 Å². The van der Waals surface area contributed by atoms with Gasteiger partial charge in [-0.2, -0.15) is 0 Å². The minimum atomic E-state index is -0.574. The molecule has 21 heavy (non-hydrogen) atoms. The first kappa shape index (κ1) is 18.4. The lowest BCUT2D eigenvalue weighted by Crippen LogP contribution is -2.44. The van der Waals surface area contributed by atoms with Gasteiger partial charge >= 0.3 is 0 Å². The first-order valence-electron chi connectivity index (χ1n) is 6.57. The van der Waals surface area contributed by atoms with Gasteiger partial charge in [0.1, 0.15) is 5.75 Å². The molecule has 0 bridgehead atoms. The SMILES string of the molecule is CC(Oc1cc(Cl)cc(Cl)c1)C(=O)N(C)C1CCNC1.Cl. The third-order valence-electron chi connectivity index (χ3n) is 3.43. The molecule has 2 atom stereocenters. The highest BCUT2D eigenvalue weighted by molar-refractivity contribution is 6.34. The fourth-order valence-corrected chi connectivity index (χ4v) is 2.79. The van der Waals surface area contributed by atoms with E-state index in [0.29, 0.717) is 15.8 Å². The van der Waals surface area contributed by atoms with Crippen LogP contribution >= 0.6 is 35.6 Å². The predicted octanol–water partition coefficient (Wildman–Crippen LogP) is 3.00. The highest BCUT2D eigenvalue weighted by Gasteiger charge is 2.27. The molecule has 1 saturated heterocycles. The molecule has 1 aromatic rings. The summed E-state index contributed by atoms with van der Waals surface area (Å²) in [5.74, 6) is 0.455. The summed E-state index contributed by atoms with van der Waals surface area (Å²) in [6.45, 7) is 3.51. The van der Waals surface area contributed by atoms with Crippen LogP contribution in [0, 0.1) is 0 Å². The minimum absolute atomic E-state index is 0. The molecule has 0 radical (unpaired) electrons. The Morgan fingerprint density at radius 2 is 2.00 bits per heavy atom. The maximum absolute atomic E-state index is 12.3. The quantitative estimate of drug-likeness (QED) is 0.905. The number of amides is 1. The zero-order valence-corrected chi connectivity index (χ0v) is 14.3. The van der Waals surface area contributed by atoms with E-state index in [4.69, 9.17) is 27.9 Å². The van der Waals surface area contributed by atoms with E-state index in [9.17, 15) is 4.79 Å². The van der Waals surface area contributed by atoms with Crippen molar-refractivity contribution in [2.75, 3.05) is 20.1 Å². The van der Waals surface area contributed by atoms with Crippen LogP contribution < -0.4 is 10.1 Å². The van der Waals surface area contributed by atoms with Gasteiger partial charge in [-0.15, -0.1) is 12.4 Å². The molecule has 1 heterocycles. The van der Waals surface area contributed by atoms with Crippen LogP contribution in [0.4, 0.5) is 0 Å². The van der Waals surface area contributed by atoms with Crippen molar-refractivity contribution in [2.24, 2.45) is 0 Å². The van der Waals surface area contributed by atoms with E-state index in [-0.39, 0.29) is 24.4 Å². The molecule has 2 rings (SSSR count). The monoisotopic (exact) mass is 352 g/mol. The summed E-state index contributed by atoms with van der Waals surface area (Å²) in [4.78, 5) is 14.1. The number of hydrogen-bond acceptors (Lipinski definition) is 3. The number of likely N-dealkylation sites (N-methyl/N-ethyl adjacent to an activating group) is 1. The Morgan fingerprint density at radius 1 is 1.38 bits per heavy atom. The largest absolute Gasteiger partial charge is 0.481 e. The molecular weight excluding hydrogens is 335 g/mol. The number of carbonyl (C=O) groups is 1. The molecule has 1 aromatic carbocycles. The Labute approximate surface area is 141 Å². The molecule has 0 saturated carbocycles. The molecule has 0 aliphatic carbocycles. The van der Waals surface area contributed by atoms with Gasteiger partial charge in [0.05, 0.1) is 0 Å². The third-order valence-corrected chi connectivity index (χ3v) is 3.86. The summed E-state index contributed by atoms with van der Waals surface area (Å²) in [7, 11) is 1.81. The van der Waals surface area contributed by atoms with Crippen LogP contribution in [0.25, 0.3) is 0 Å². The Kier molecular flexibility index (Phi) is 7.07. The molecule has 0 spiro atoms. The van der Waals surface area contributed by atoms with Crippen molar-refractivity contribution in [1.82, 2.24) is 10.2 Å². The molecule has 0 aromatic heterocycles. The summed E-state index contributed by atoms with van der Waals surface area (Å²) < 4.78 is 5.64. The molecule has 1 amide bonds. The van der Waals surface area contributed by atoms with E-state index in [2.05, 4.69) is 5.32 Å². The normalized spacial score (nSPS) is 18.8. The van der Waals surface area contributed by atoms with E-state index < -0.39 is 6.10 Å². The average molecular weight is 354 g/mol. The lowest BCUT2D eigenvalue weighted by atomic mass is 10.2. The Morgan fingerprint density at radius 3 is 2.52 bits per heavy atom. The van der Waals surface area contributed by atoms with Crippen molar-refractivity contribution in [1.29, 1.82) is 0 Å². The molecule has 1 aliphatic rings. The van der Waals surface area contributed by atoms with Crippen LogP contribution in [-0.4, -0.2) is 43.1 Å². The first-order chi connectivity index (χ1) is 9.47.